The number of ether oxygens (including phenoxy) is 1. The van der Waals surface area contributed by atoms with Gasteiger partial charge in [-0.2, -0.15) is 0 Å². The Bertz CT molecular complexity index is 734. The summed E-state index contributed by atoms with van der Waals surface area (Å²) in [4.78, 5) is 13.8. The van der Waals surface area contributed by atoms with E-state index in [1.165, 1.54) is 0 Å². The summed E-state index contributed by atoms with van der Waals surface area (Å²) in [5, 5.41) is 9.63. The third-order valence-electron chi connectivity index (χ3n) is 4.51. The Morgan fingerprint density at radius 1 is 1.29 bits per heavy atom. The second-order valence-corrected chi connectivity index (χ2v) is 6.85. The van der Waals surface area contributed by atoms with Crippen LogP contribution in [0.4, 0.5) is 0 Å². The second-order valence-electron chi connectivity index (χ2n) is 5.93. The number of methoxy groups -OCH3 is 1. The molecule has 1 N–H and O–H groups in total. The normalized spacial score (nSPS) is 19.2. The fourth-order valence-corrected chi connectivity index (χ4v) is 3.90. The number of aliphatic carboxylic acids is 1. The van der Waals surface area contributed by atoms with Gasteiger partial charge in [-0.25, -0.2) is 0 Å². The van der Waals surface area contributed by atoms with Gasteiger partial charge in [-0.1, -0.05) is 46.3 Å². The van der Waals surface area contributed by atoms with Crippen LogP contribution in [0.3, 0.4) is 0 Å². The molecular weight excluding hydrogens is 370 g/mol. The summed E-state index contributed by atoms with van der Waals surface area (Å²) in [5.74, 6) is 0.0147. The van der Waals surface area contributed by atoms with Gasteiger partial charge in [0.15, 0.2) is 0 Å². The zero-order chi connectivity index (χ0) is 17.1. The van der Waals surface area contributed by atoms with Gasteiger partial charge >= 0.3 is 5.97 Å². The van der Waals surface area contributed by atoms with Crippen molar-refractivity contribution >= 4 is 21.9 Å². The molecule has 0 bridgehead atoms. The molecule has 1 aliphatic heterocycles. The highest BCUT2D eigenvalue weighted by atomic mass is 79.9. The molecule has 0 radical (unpaired) electrons. The van der Waals surface area contributed by atoms with Gasteiger partial charge < -0.3 is 9.84 Å². The Morgan fingerprint density at radius 3 is 2.79 bits per heavy atom. The zero-order valence-corrected chi connectivity index (χ0v) is 15.1. The summed E-state index contributed by atoms with van der Waals surface area (Å²) in [6, 6.07) is 15.3. The summed E-state index contributed by atoms with van der Waals surface area (Å²) >= 11 is 3.53. The van der Waals surface area contributed by atoms with Crippen LogP contribution in [0.25, 0.3) is 0 Å². The van der Waals surface area contributed by atoms with Gasteiger partial charge in [0.05, 0.1) is 13.2 Å². The minimum atomic E-state index is -0.762. The number of carboxylic acid groups (broad SMARTS) is 1. The maximum Gasteiger partial charge on any atom is 0.320 e. The smallest absolute Gasteiger partial charge is 0.320 e. The van der Waals surface area contributed by atoms with Crippen LogP contribution in [0.5, 0.6) is 5.75 Å². The maximum atomic E-state index is 11.7. The molecule has 1 heterocycles. The number of benzene rings is 2. The quantitative estimate of drug-likeness (QED) is 0.836. The monoisotopic (exact) mass is 389 g/mol. The van der Waals surface area contributed by atoms with E-state index >= 15 is 0 Å². The standard InChI is InChI=1S/C19H20BrNO3/c1-24-17-10-3-2-8-15(17)18(13-6-4-7-14(20)12-13)21-11-5-9-16(21)19(22)23/h2-4,6-8,10,12,16,18H,5,9,11H2,1H3,(H,22,23). The number of rotatable bonds is 5. The number of nitrogens with zero attached hydrogens (tertiary/aromatic N) is 1. The Labute approximate surface area is 150 Å². The SMILES string of the molecule is COc1ccccc1C(c1cccc(Br)c1)N1CCCC1C(=O)O. The van der Waals surface area contributed by atoms with E-state index in [1.54, 1.807) is 7.11 Å². The molecule has 0 aliphatic carbocycles. The van der Waals surface area contributed by atoms with Crippen molar-refractivity contribution in [2.75, 3.05) is 13.7 Å². The van der Waals surface area contributed by atoms with Gasteiger partial charge in [0, 0.05) is 16.6 Å². The average molecular weight is 390 g/mol. The Morgan fingerprint density at radius 2 is 2.08 bits per heavy atom. The van der Waals surface area contributed by atoms with Crippen LogP contribution in [-0.2, 0) is 4.79 Å². The molecule has 126 valence electrons. The molecule has 5 heteroatoms. The van der Waals surface area contributed by atoms with Crippen LogP contribution in [0.15, 0.2) is 53.0 Å². The van der Waals surface area contributed by atoms with Crippen molar-refractivity contribution in [1.29, 1.82) is 0 Å². The lowest BCUT2D eigenvalue weighted by molar-refractivity contribution is -0.142. The third-order valence-corrected chi connectivity index (χ3v) is 5.00. The number of hydrogen-bond donors (Lipinski definition) is 1. The Kier molecular flexibility index (Phi) is 5.21. The lowest BCUT2D eigenvalue weighted by Crippen LogP contribution is -2.39. The van der Waals surface area contributed by atoms with Crippen molar-refractivity contribution in [3.8, 4) is 5.75 Å². The lowest BCUT2D eigenvalue weighted by atomic mass is 9.95. The molecule has 0 saturated carbocycles. The van der Waals surface area contributed by atoms with E-state index in [4.69, 9.17) is 4.74 Å². The van der Waals surface area contributed by atoms with E-state index in [2.05, 4.69) is 20.8 Å². The van der Waals surface area contributed by atoms with Crippen molar-refractivity contribution in [2.45, 2.75) is 24.9 Å². The number of halogens is 1. The zero-order valence-electron chi connectivity index (χ0n) is 13.5. The molecule has 24 heavy (non-hydrogen) atoms. The van der Waals surface area contributed by atoms with Crippen LogP contribution in [0.1, 0.15) is 30.0 Å². The van der Waals surface area contributed by atoms with E-state index in [-0.39, 0.29) is 6.04 Å². The van der Waals surface area contributed by atoms with Gasteiger partial charge in [-0.3, -0.25) is 9.69 Å². The molecule has 2 unspecified atom stereocenters. The van der Waals surface area contributed by atoms with Gasteiger partial charge in [0.2, 0.25) is 0 Å². The van der Waals surface area contributed by atoms with Crippen LogP contribution >= 0.6 is 15.9 Å². The first-order chi connectivity index (χ1) is 11.6. The highest BCUT2D eigenvalue weighted by Crippen LogP contribution is 2.39. The van der Waals surface area contributed by atoms with Gasteiger partial charge in [-0.15, -0.1) is 0 Å². The molecule has 4 nitrogen and oxygen atoms in total. The number of likely N-dealkylation sites (tertiary alicyclic amines) is 1. The van der Waals surface area contributed by atoms with E-state index < -0.39 is 12.0 Å². The van der Waals surface area contributed by atoms with E-state index in [9.17, 15) is 9.90 Å². The molecule has 1 aliphatic rings. The third kappa shape index (κ3) is 3.32. The van der Waals surface area contributed by atoms with Crippen molar-refractivity contribution in [2.24, 2.45) is 0 Å². The predicted octanol–water partition coefficient (Wildman–Crippen LogP) is 4.10. The van der Waals surface area contributed by atoms with Crippen molar-refractivity contribution < 1.29 is 14.6 Å². The highest BCUT2D eigenvalue weighted by molar-refractivity contribution is 9.10. The second kappa shape index (κ2) is 7.36. The number of hydrogen-bond acceptors (Lipinski definition) is 3. The molecule has 2 aromatic rings. The van der Waals surface area contributed by atoms with Gasteiger partial charge in [0.1, 0.15) is 11.8 Å². The topological polar surface area (TPSA) is 49.8 Å². The number of para-hydroxylation sites is 1. The van der Waals surface area contributed by atoms with Crippen molar-refractivity contribution in [3.05, 3.63) is 64.1 Å². The molecule has 0 aromatic heterocycles. The van der Waals surface area contributed by atoms with Gasteiger partial charge in [-0.05, 0) is 36.6 Å². The van der Waals surface area contributed by atoms with Crippen LogP contribution in [-0.4, -0.2) is 35.7 Å². The number of carbonyl (C=O) groups is 1. The number of carboxylic acids is 1. The first kappa shape index (κ1) is 17.0. The predicted molar refractivity (Wildman–Crippen MR) is 96.3 cm³/mol. The lowest BCUT2D eigenvalue weighted by Gasteiger charge is -2.32. The van der Waals surface area contributed by atoms with Crippen molar-refractivity contribution in [1.82, 2.24) is 4.90 Å². The minimum Gasteiger partial charge on any atom is -0.496 e. The summed E-state index contributed by atoms with van der Waals surface area (Å²) in [6.07, 6.45) is 1.56. The molecule has 2 atom stereocenters. The molecule has 1 fully saturated rings. The van der Waals surface area contributed by atoms with E-state index in [1.807, 2.05) is 48.5 Å². The van der Waals surface area contributed by atoms with Crippen molar-refractivity contribution in [3.63, 3.8) is 0 Å². The van der Waals surface area contributed by atoms with E-state index in [0.717, 1.165) is 34.3 Å². The minimum absolute atomic E-state index is 0.151. The fraction of sp³-hybridized carbons (Fsp3) is 0.316. The first-order valence-corrected chi connectivity index (χ1v) is 8.78. The maximum absolute atomic E-state index is 11.7. The molecule has 1 saturated heterocycles. The summed E-state index contributed by atoms with van der Waals surface area (Å²) in [6.45, 7) is 0.756. The highest BCUT2D eigenvalue weighted by Gasteiger charge is 2.37. The first-order valence-electron chi connectivity index (χ1n) is 7.98. The van der Waals surface area contributed by atoms with Crippen LogP contribution < -0.4 is 4.74 Å². The molecule has 3 rings (SSSR count). The summed E-state index contributed by atoms with van der Waals surface area (Å²) < 4.78 is 6.53. The molecule has 0 spiro atoms. The summed E-state index contributed by atoms with van der Waals surface area (Å²) in [7, 11) is 1.65. The largest absolute Gasteiger partial charge is 0.496 e. The Balaban J connectivity index is 2.12. The summed E-state index contributed by atoms with van der Waals surface area (Å²) in [5.41, 5.74) is 2.05. The average Bonchev–Trinajstić information content (AvgIpc) is 3.05. The van der Waals surface area contributed by atoms with Gasteiger partial charge in [0.25, 0.3) is 0 Å². The van der Waals surface area contributed by atoms with Crippen LogP contribution in [0, 0.1) is 0 Å². The molecular formula is C19H20BrNO3. The Hall–Kier alpha value is -1.85. The fourth-order valence-electron chi connectivity index (χ4n) is 3.48. The molecule has 2 aromatic carbocycles. The molecule has 0 amide bonds. The van der Waals surface area contributed by atoms with E-state index in [0.29, 0.717) is 6.42 Å². The van der Waals surface area contributed by atoms with Crippen LogP contribution in [0.2, 0.25) is 0 Å².